The van der Waals surface area contributed by atoms with E-state index >= 15 is 0 Å². The molecule has 0 saturated carbocycles. The number of hydrogen-bond donors (Lipinski definition) is 1. The van der Waals surface area contributed by atoms with Crippen LogP contribution in [0.15, 0.2) is 29.2 Å². The highest BCUT2D eigenvalue weighted by atomic mass is 32.2. The van der Waals surface area contributed by atoms with Gasteiger partial charge in [-0.05, 0) is 43.4 Å². The molecule has 0 aliphatic carbocycles. The van der Waals surface area contributed by atoms with Crippen molar-refractivity contribution in [3.8, 4) is 0 Å². The molecular weight excluding hydrogens is 314 g/mol. The summed E-state index contributed by atoms with van der Waals surface area (Å²) < 4.78 is 33.2. The van der Waals surface area contributed by atoms with Gasteiger partial charge in [0.25, 0.3) is 0 Å². The minimum Gasteiger partial charge on any atom is -0.393 e. The highest BCUT2D eigenvalue weighted by molar-refractivity contribution is 7.89. The Balaban J connectivity index is 1.88. The summed E-state index contributed by atoms with van der Waals surface area (Å²) in [6.45, 7) is 3.52. The van der Waals surface area contributed by atoms with Crippen LogP contribution in [0.4, 0.5) is 0 Å². The fourth-order valence-corrected chi connectivity index (χ4v) is 5.48. The standard InChI is InChI=1S/C17H25NO4S/c1-2-13-5-3-6-14(11-13)23(20,21)18-9-4-7-16(18)15-12-22-10-8-17(15)19/h3,5-6,11,15-17,19H,2,4,7-10,12H2,1H3. The Morgan fingerprint density at radius 2 is 2.17 bits per heavy atom. The number of hydrogen-bond acceptors (Lipinski definition) is 4. The number of sulfonamides is 1. The van der Waals surface area contributed by atoms with Gasteiger partial charge < -0.3 is 9.84 Å². The number of aliphatic hydroxyl groups is 1. The summed E-state index contributed by atoms with van der Waals surface area (Å²) in [6.07, 6.45) is 2.53. The van der Waals surface area contributed by atoms with Crippen molar-refractivity contribution in [3.05, 3.63) is 29.8 Å². The molecule has 2 aliphatic rings. The van der Waals surface area contributed by atoms with E-state index in [4.69, 9.17) is 4.74 Å². The number of ether oxygens (including phenoxy) is 1. The lowest BCUT2D eigenvalue weighted by Crippen LogP contribution is -2.48. The molecule has 3 unspecified atom stereocenters. The Morgan fingerprint density at radius 1 is 1.35 bits per heavy atom. The van der Waals surface area contributed by atoms with E-state index in [2.05, 4.69) is 0 Å². The Hall–Kier alpha value is -0.950. The van der Waals surface area contributed by atoms with Gasteiger partial charge in [-0.1, -0.05) is 19.1 Å². The monoisotopic (exact) mass is 339 g/mol. The van der Waals surface area contributed by atoms with Crippen molar-refractivity contribution in [1.82, 2.24) is 4.31 Å². The molecule has 2 fully saturated rings. The van der Waals surface area contributed by atoms with Gasteiger partial charge >= 0.3 is 0 Å². The Morgan fingerprint density at radius 3 is 2.91 bits per heavy atom. The van der Waals surface area contributed by atoms with Gasteiger partial charge in [-0.25, -0.2) is 8.42 Å². The Labute approximate surface area is 138 Å². The fourth-order valence-electron chi connectivity index (χ4n) is 3.67. The molecule has 2 saturated heterocycles. The molecule has 6 heteroatoms. The van der Waals surface area contributed by atoms with Crippen LogP contribution in [0, 0.1) is 5.92 Å². The van der Waals surface area contributed by atoms with Crippen molar-refractivity contribution < 1.29 is 18.3 Å². The first-order chi connectivity index (χ1) is 11.0. The molecule has 3 atom stereocenters. The molecule has 1 aromatic rings. The second-order valence-electron chi connectivity index (χ2n) is 6.42. The smallest absolute Gasteiger partial charge is 0.243 e. The van der Waals surface area contributed by atoms with Gasteiger partial charge in [0.2, 0.25) is 10.0 Å². The molecule has 2 aliphatic heterocycles. The van der Waals surface area contributed by atoms with Gasteiger partial charge in [0.05, 0.1) is 17.6 Å². The van der Waals surface area contributed by atoms with E-state index in [1.807, 2.05) is 13.0 Å². The van der Waals surface area contributed by atoms with Crippen LogP contribution in [0.5, 0.6) is 0 Å². The van der Waals surface area contributed by atoms with Crippen LogP contribution in [0.2, 0.25) is 0 Å². The minimum atomic E-state index is -3.53. The molecule has 5 nitrogen and oxygen atoms in total. The number of nitrogens with zero attached hydrogens (tertiary/aromatic N) is 1. The third-order valence-corrected chi connectivity index (χ3v) is 6.94. The first-order valence-electron chi connectivity index (χ1n) is 8.40. The molecule has 0 radical (unpaired) electrons. The molecule has 0 amide bonds. The maximum Gasteiger partial charge on any atom is 0.243 e. The van der Waals surface area contributed by atoms with Gasteiger partial charge in [-0.15, -0.1) is 0 Å². The second kappa shape index (κ2) is 6.89. The Bertz CT molecular complexity index is 646. The summed E-state index contributed by atoms with van der Waals surface area (Å²) in [5, 5.41) is 10.3. The average Bonchev–Trinajstić information content (AvgIpc) is 3.05. The van der Waals surface area contributed by atoms with Gasteiger partial charge in [-0.3, -0.25) is 0 Å². The highest BCUT2D eigenvalue weighted by Gasteiger charge is 2.43. The number of aryl methyl sites for hydroxylation is 1. The molecule has 1 aromatic carbocycles. The first-order valence-corrected chi connectivity index (χ1v) is 9.84. The van der Waals surface area contributed by atoms with Gasteiger partial charge in [-0.2, -0.15) is 4.31 Å². The molecule has 0 bridgehead atoms. The predicted octanol–water partition coefficient (Wildman–Crippen LogP) is 1.80. The molecule has 128 valence electrons. The summed E-state index contributed by atoms with van der Waals surface area (Å²) in [5.74, 6) is -0.129. The zero-order chi connectivity index (χ0) is 16.4. The van der Waals surface area contributed by atoms with Crippen LogP contribution in [-0.4, -0.2) is 49.7 Å². The lowest BCUT2D eigenvalue weighted by atomic mass is 9.90. The normalized spacial score (nSPS) is 29.7. The first kappa shape index (κ1) is 16.9. The van der Waals surface area contributed by atoms with E-state index in [1.54, 1.807) is 22.5 Å². The number of aliphatic hydroxyl groups excluding tert-OH is 1. The quantitative estimate of drug-likeness (QED) is 0.908. The summed E-state index contributed by atoms with van der Waals surface area (Å²) in [7, 11) is -3.53. The van der Waals surface area contributed by atoms with Crippen LogP contribution >= 0.6 is 0 Å². The maximum absolute atomic E-state index is 13.1. The summed E-state index contributed by atoms with van der Waals surface area (Å²) in [6, 6.07) is 7.01. The third-order valence-electron chi connectivity index (χ3n) is 5.02. The van der Waals surface area contributed by atoms with Crippen molar-refractivity contribution in [2.45, 2.75) is 49.6 Å². The summed E-state index contributed by atoms with van der Waals surface area (Å²) in [5.41, 5.74) is 1.02. The van der Waals surface area contributed by atoms with E-state index in [0.717, 1.165) is 24.8 Å². The lowest BCUT2D eigenvalue weighted by molar-refractivity contribution is -0.0543. The molecule has 1 N–H and O–H groups in total. The largest absolute Gasteiger partial charge is 0.393 e. The maximum atomic E-state index is 13.1. The van der Waals surface area contributed by atoms with Gasteiger partial charge in [0.1, 0.15) is 0 Å². The van der Waals surface area contributed by atoms with Crippen molar-refractivity contribution >= 4 is 10.0 Å². The Kier molecular flexibility index (Phi) is 5.06. The highest BCUT2D eigenvalue weighted by Crippen LogP contribution is 2.34. The van der Waals surface area contributed by atoms with Gasteiger partial charge in [0.15, 0.2) is 0 Å². The number of rotatable bonds is 4. The summed E-state index contributed by atoms with van der Waals surface area (Å²) in [4.78, 5) is 0.356. The number of benzene rings is 1. The van der Waals surface area contributed by atoms with E-state index in [9.17, 15) is 13.5 Å². The molecule has 0 spiro atoms. The zero-order valence-corrected chi connectivity index (χ0v) is 14.3. The van der Waals surface area contributed by atoms with Crippen LogP contribution in [0.1, 0.15) is 31.7 Å². The van der Waals surface area contributed by atoms with Crippen molar-refractivity contribution in [3.63, 3.8) is 0 Å². The second-order valence-corrected chi connectivity index (χ2v) is 8.31. The SMILES string of the molecule is CCc1cccc(S(=O)(=O)N2CCCC2C2COCCC2O)c1. The van der Waals surface area contributed by atoms with Crippen LogP contribution in [0.25, 0.3) is 0 Å². The van der Waals surface area contributed by atoms with Crippen LogP contribution in [-0.2, 0) is 21.2 Å². The fraction of sp³-hybridized carbons (Fsp3) is 0.647. The predicted molar refractivity (Wildman–Crippen MR) is 87.7 cm³/mol. The molecule has 0 aromatic heterocycles. The molecule has 3 rings (SSSR count). The average molecular weight is 339 g/mol. The topological polar surface area (TPSA) is 66.8 Å². The van der Waals surface area contributed by atoms with E-state index in [-0.39, 0.29) is 12.0 Å². The molecule has 2 heterocycles. The van der Waals surface area contributed by atoms with Crippen LogP contribution < -0.4 is 0 Å². The van der Waals surface area contributed by atoms with E-state index < -0.39 is 16.1 Å². The van der Waals surface area contributed by atoms with Crippen molar-refractivity contribution in [1.29, 1.82) is 0 Å². The lowest BCUT2D eigenvalue weighted by Gasteiger charge is -2.36. The summed E-state index contributed by atoms with van der Waals surface area (Å²) >= 11 is 0. The third kappa shape index (κ3) is 3.31. The molecular formula is C17H25NO4S. The van der Waals surface area contributed by atoms with Gasteiger partial charge in [0, 0.05) is 25.1 Å². The zero-order valence-electron chi connectivity index (χ0n) is 13.5. The minimum absolute atomic E-state index is 0.129. The van der Waals surface area contributed by atoms with Crippen molar-refractivity contribution in [2.75, 3.05) is 19.8 Å². The van der Waals surface area contributed by atoms with E-state index in [0.29, 0.717) is 31.1 Å². The van der Waals surface area contributed by atoms with Crippen LogP contribution in [0.3, 0.4) is 0 Å². The van der Waals surface area contributed by atoms with E-state index in [1.165, 1.54) is 0 Å². The molecule has 23 heavy (non-hydrogen) atoms. The van der Waals surface area contributed by atoms with Crippen molar-refractivity contribution in [2.24, 2.45) is 5.92 Å².